The van der Waals surface area contributed by atoms with Crippen molar-refractivity contribution in [1.82, 2.24) is 9.80 Å². The van der Waals surface area contributed by atoms with E-state index in [9.17, 15) is 4.79 Å². The molecule has 4 heteroatoms. The average Bonchev–Trinajstić information content (AvgIpc) is 3.44. The first-order chi connectivity index (χ1) is 14.8. The van der Waals surface area contributed by atoms with Crippen LogP contribution >= 0.6 is 11.3 Å². The molecule has 2 aliphatic heterocycles. The van der Waals surface area contributed by atoms with Gasteiger partial charge in [0.05, 0.1) is 6.42 Å². The van der Waals surface area contributed by atoms with Gasteiger partial charge in [-0.15, -0.1) is 11.3 Å². The molecule has 2 aliphatic rings. The van der Waals surface area contributed by atoms with Gasteiger partial charge in [-0.25, -0.2) is 0 Å². The van der Waals surface area contributed by atoms with Crippen LogP contribution in [0.1, 0.15) is 27.5 Å². The van der Waals surface area contributed by atoms with Crippen molar-refractivity contribution in [2.75, 3.05) is 26.2 Å². The van der Waals surface area contributed by atoms with Gasteiger partial charge in [0.2, 0.25) is 5.91 Å². The van der Waals surface area contributed by atoms with E-state index in [1.807, 2.05) is 6.07 Å². The van der Waals surface area contributed by atoms with Crippen LogP contribution in [0.15, 0.2) is 72.1 Å². The van der Waals surface area contributed by atoms with Gasteiger partial charge in [0.25, 0.3) is 0 Å². The largest absolute Gasteiger partial charge is 0.341 e. The van der Waals surface area contributed by atoms with Crippen molar-refractivity contribution in [2.24, 2.45) is 5.92 Å². The molecule has 0 radical (unpaired) electrons. The molecule has 1 saturated heterocycles. The smallest absolute Gasteiger partial charge is 0.227 e. The molecule has 0 spiro atoms. The Bertz CT molecular complexity index is 985. The van der Waals surface area contributed by atoms with E-state index in [0.29, 0.717) is 18.3 Å². The predicted octanol–water partition coefficient (Wildman–Crippen LogP) is 4.59. The Morgan fingerprint density at radius 2 is 1.73 bits per heavy atom. The molecule has 2 atom stereocenters. The lowest BCUT2D eigenvalue weighted by atomic mass is 9.88. The number of thiophene rings is 1. The molecule has 0 saturated carbocycles. The van der Waals surface area contributed by atoms with Crippen LogP contribution < -0.4 is 0 Å². The maximum Gasteiger partial charge on any atom is 0.227 e. The Hall–Kier alpha value is -2.43. The van der Waals surface area contributed by atoms with Gasteiger partial charge in [-0.1, -0.05) is 60.7 Å². The summed E-state index contributed by atoms with van der Waals surface area (Å²) in [5, 5.41) is 2.05. The second kappa shape index (κ2) is 8.75. The first-order valence-corrected chi connectivity index (χ1v) is 11.8. The Balaban J connectivity index is 1.31. The topological polar surface area (TPSA) is 23.6 Å². The minimum atomic E-state index is 0.268. The van der Waals surface area contributed by atoms with Crippen LogP contribution in [0.2, 0.25) is 0 Å². The number of carbonyl (C=O) groups is 1. The molecule has 0 bridgehead atoms. The Labute approximate surface area is 183 Å². The molecule has 30 heavy (non-hydrogen) atoms. The highest BCUT2D eigenvalue weighted by atomic mass is 32.1. The predicted molar refractivity (Wildman–Crippen MR) is 123 cm³/mol. The summed E-state index contributed by atoms with van der Waals surface area (Å²) in [5.74, 6) is 1.16. The van der Waals surface area contributed by atoms with Gasteiger partial charge < -0.3 is 4.90 Å². The third-order valence-corrected chi connectivity index (χ3v) is 7.51. The quantitative estimate of drug-likeness (QED) is 0.607. The minimum absolute atomic E-state index is 0.268. The van der Waals surface area contributed by atoms with Crippen LogP contribution in [0.4, 0.5) is 0 Å². The number of fused-ring (bicyclic) bond motifs is 1. The van der Waals surface area contributed by atoms with Crippen molar-refractivity contribution in [3.8, 4) is 0 Å². The Morgan fingerprint density at radius 3 is 2.53 bits per heavy atom. The van der Waals surface area contributed by atoms with Crippen molar-refractivity contribution in [3.63, 3.8) is 0 Å². The molecule has 2 unspecified atom stereocenters. The van der Waals surface area contributed by atoms with Gasteiger partial charge in [0, 0.05) is 43.5 Å². The summed E-state index contributed by atoms with van der Waals surface area (Å²) in [6.45, 7) is 4.89. The summed E-state index contributed by atoms with van der Waals surface area (Å²) in [6, 6.07) is 23.7. The zero-order chi connectivity index (χ0) is 20.3. The van der Waals surface area contributed by atoms with Crippen molar-refractivity contribution in [1.29, 1.82) is 0 Å². The van der Waals surface area contributed by atoms with Crippen LogP contribution in [0.5, 0.6) is 0 Å². The molecule has 0 aliphatic carbocycles. The summed E-state index contributed by atoms with van der Waals surface area (Å²) in [5.41, 5.74) is 4.32. The van der Waals surface area contributed by atoms with Crippen molar-refractivity contribution in [3.05, 3.63) is 93.7 Å². The first kappa shape index (κ1) is 19.5. The lowest BCUT2D eigenvalue weighted by Crippen LogP contribution is -2.37. The van der Waals surface area contributed by atoms with E-state index in [0.717, 1.165) is 44.0 Å². The highest BCUT2D eigenvalue weighted by Gasteiger charge is 2.37. The summed E-state index contributed by atoms with van der Waals surface area (Å²) in [6.07, 6.45) is 1.66. The van der Waals surface area contributed by atoms with Gasteiger partial charge in [-0.3, -0.25) is 9.69 Å². The lowest BCUT2D eigenvalue weighted by Gasteiger charge is -2.32. The second-order valence-corrected chi connectivity index (χ2v) is 9.62. The van der Waals surface area contributed by atoms with E-state index >= 15 is 0 Å². The van der Waals surface area contributed by atoms with Crippen LogP contribution in [0.3, 0.4) is 0 Å². The van der Waals surface area contributed by atoms with Crippen LogP contribution in [0.25, 0.3) is 0 Å². The van der Waals surface area contributed by atoms with Gasteiger partial charge in [0.15, 0.2) is 0 Å². The molecule has 5 rings (SSSR count). The second-order valence-electron chi connectivity index (χ2n) is 8.59. The van der Waals surface area contributed by atoms with E-state index in [-0.39, 0.29) is 5.91 Å². The summed E-state index contributed by atoms with van der Waals surface area (Å²) in [7, 11) is 0. The number of rotatable bonds is 5. The van der Waals surface area contributed by atoms with Gasteiger partial charge in [0.1, 0.15) is 0 Å². The molecule has 2 aromatic carbocycles. The monoisotopic (exact) mass is 416 g/mol. The molecule has 154 valence electrons. The van der Waals surface area contributed by atoms with Gasteiger partial charge in [-0.2, -0.15) is 0 Å². The zero-order valence-corrected chi connectivity index (χ0v) is 18.1. The standard InChI is InChI=1S/C26H28N2OS/c29-26(15-24-11-6-14-30-24)28-18-23(25(19-28)21-8-2-1-3-9-21)17-27-13-12-20-7-4-5-10-22(20)16-27/h1-11,14,23,25H,12-13,15-19H2. The number of hydrogen-bond donors (Lipinski definition) is 0. The number of benzene rings is 2. The summed E-state index contributed by atoms with van der Waals surface area (Å²) < 4.78 is 0. The third-order valence-electron chi connectivity index (χ3n) is 6.63. The van der Waals surface area contributed by atoms with Gasteiger partial charge in [-0.05, 0) is 40.5 Å². The first-order valence-electron chi connectivity index (χ1n) is 10.9. The zero-order valence-electron chi connectivity index (χ0n) is 17.2. The third kappa shape index (κ3) is 4.21. The molecule has 1 amide bonds. The maximum absolute atomic E-state index is 13.0. The SMILES string of the molecule is O=C(Cc1cccs1)N1CC(CN2CCc3ccccc3C2)C(c2ccccc2)C1. The summed E-state index contributed by atoms with van der Waals surface area (Å²) in [4.78, 5) is 18.9. The highest BCUT2D eigenvalue weighted by Crippen LogP contribution is 2.34. The lowest BCUT2D eigenvalue weighted by molar-refractivity contribution is -0.129. The van der Waals surface area contributed by atoms with Gasteiger partial charge >= 0.3 is 0 Å². The van der Waals surface area contributed by atoms with Crippen LogP contribution in [-0.4, -0.2) is 41.9 Å². The molecule has 3 aromatic rings. The Kier molecular flexibility index (Phi) is 5.69. The molecule has 3 nitrogen and oxygen atoms in total. The number of likely N-dealkylation sites (tertiary alicyclic amines) is 1. The van der Waals surface area contributed by atoms with E-state index in [1.165, 1.54) is 16.7 Å². The molecule has 3 heterocycles. The average molecular weight is 417 g/mol. The Morgan fingerprint density at radius 1 is 0.933 bits per heavy atom. The number of nitrogens with zero attached hydrogens (tertiary/aromatic N) is 2. The molecule has 1 fully saturated rings. The number of hydrogen-bond acceptors (Lipinski definition) is 3. The summed E-state index contributed by atoms with van der Waals surface area (Å²) >= 11 is 1.67. The van der Waals surface area contributed by atoms with Crippen LogP contribution in [-0.2, 0) is 24.2 Å². The van der Waals surface area contributed by atoms with Crippen molar-refractivity contribution in [2.45, 2.75) is 25.3 Å². The van der Waals surface area contributed by atoms with E-state index in [1.54, 1.807) is 11.3 Å². The maximum atomic E-state index is 13.0. The fourth-order valence-corrected chi connectivity index (χ4v) is 5.75. The normalized spacial score (nSPS) is 21.5. The van der Waals surface area contributed by atoms with Crippen LogP contribution in [0, 0.1) is 5.92 Å². The van der Waals surface area contributed by atoms with Crippen molar-refractivity contribution < 1.29 is 4.79 Å². The number of amides is 1. The van der Waals surface area contributed by atoms with E-state index in [2.05, 4.69) is 75.8 Å². The fraction of sp³-hybridized carbons (Fsp3) is 0.346. The van der Waals surface area contributed by atoms with E-state index in [4.69, 9.17) is 0 Å². The molecular formula is C26H28N2OS. The van der Waals surface area contributed by atoms with E-state index < -0.39 is 0 Å². The minimum Gasteiger partial charge on any atom is -0.341 e. The number of carbonyl (C=O) groups excluding carboxylic acids is 1. The molecule has 0 N–H and O–H groups in total. The van der Waals surface area contributed by atoms with Crippen molar-refractivity contribution >= 4 is 17.2 Å². The molecule has 1 aromatic heterocycles. The molecular weight excluding hydrogens is 388 g/mol. The highest BCUT2D eigenvalue weighted by molar-refractivity contribution is 7.10. The fourth-order valence-electron chi connectivity index (χ4n) is 5.05.